The van der Waals surface area contributed by atoms with E-state index in [0.29, 0.717) is 23.5 Å². The molecule has 0 aliphatic heterocycles. The van der Waals surface area contributed by atoms with E-state index in [9.17, 15) is 9.59 Å². The zero-order chi connectivity index (χ0) is 19.8. The quantitative estimate of drug-likeness (QED) is 0.433. The summed E-state index contributed by atoms with van der Waals surface area (Å²) in [5.74, 6) is 0.620. The van der Waals surface area contributed by atoms with Crippen molar-refractivity contribution in [1.29, 1.82) is 0 Å². The number of benzene rings is 3. The van der Waals surface area contributed by atoms with Crippen LogP contribution in [-0.4, -0.2) is 25.5 Å². The number of carbonyl (C=O) groups is 2. The number of Topliss-reactive ketones (excluding diaryl/α,β-unsaturated/α-hetero) is 1. The minimum atomic E-state index is -0.544. The molecule has 0 unspecified atom stereocenters. The number of carbonyl (C=O) groups excluding carboxylic acids is 2. The molecule has 142 valence electrons. The molecule has 0 bridgehead atoms. The summed E-state index contributed by atoms with van der Waals surface area (Å²) in [5.41, 5.74) is 1.77. The lowest BCUT2D eigenvalue weighted by Gasteiger charge is -2.08. The Hall–Kier alpha value is -3.60. The molecule has 0 heterocycles. The average molecular weight is 376 g/mol. The van der Waals surface area contributed by atoms with Gasteiger partial charge in [-0.25, -0.2) is 4.79 Å². The van der Waals surface area contributed by atoms with Gasteiger partial charge in [-0.3, -0.25) is 4.79 Å². The third-order valence-electron chi connectivity index (χ3n) is 4.08. The highest BCUT2D eigenvalue weighted by Gasteiger charge is 2.12. The molecule has 0 saturated heterocycles. The summed E-state index contributed by atoms with van der Waals surface area (Å²) in [6.07, 6.45) is 0. The minimum Gasteiger partial charge on any atom is -0.497 e. The number of hydrogen-bond donors (Lipinski definition) is 0. The maximum absolute atomic E-state index is 12.1. The smallest absolute Gasteiger partial charge is 0.338 e. The zero-order valence-electron chi connectivity index (χ0n) is 15.5. The van der Waals surface area contributed by atoms with Gasteiger partial charge < -0.3 is 14.2 Å². The minimum absolute atomic E-state index is 0.274. The Labute approximate surface area is 163 Å². The second kappa shape index (κ2) is 9.37. The molecule has 0 N–H and O–H groups in total. The Balaban J connectivity index is 1.50. The molecular formula is C23H20O5. The van der Waals surface area contributed by atoms with Crippen molar-refractivity contribution in [2.24, 2.45) is 0 Å². The van der Waals surface area contributed by atoms with Crippen molar-refractivity contribution in [2.45, 2.75) is 6.61 Å². The largest absolute Gasteiger partial charge is 0.497 e. The standard InChI is InChI=1S/C23H20O5/c1-26-20-13-11-18(12-14-20)22(24)16-28-23(25)19-9-7-17(8-10-19)15-27-21-5-3-2-4-6-21/h2-14H,15-16H2,1H3. The Kier molecular flexibility index (Phi) is 6.41. The van der Waals surface area contributed by atoms with Crippen molar-refractivity contribution in [3.8, 4) is 11.5 Å². The van der Waals surface area contributed by atoms with Crippen LogP contribution in [0.1, 0.15) is 26.3 Å². The lowest BCUT2D eigenvalue weighted by molar-refractivity contribution is 0.0474. The van der Waals surface area contributed by atoms with Gasteiger partial charge in [-0.05, 0) is 54.1 Å². The topological polar surface area (TPSA) is 61.8 Å². The summed E-state index contributed by atoms with van der Waals surface area (Å²) < 4.78 is 15.8. The molecule has 0 spiro atoms. The number of ether oxygens (including phenoxy) is 3. The monoisotopic (exact) mass is 376 g/mol. The van der Waals surface area contributed by atoms with E-state index in [-0.39, 0.29) is 12.4 Å². The van der Waals surface area contributed by atoms with E-state index in [2.05, 4.69) is 0 Å². The fourth-order valence-corrected chi connectivity index (χ4v) is 2.50. The molecule has 3 rings (SSSR count). The molecule has 5 nitrogen and oxygen atoms in total. The van der Waals surface area contributed by atoms with E-state index in [4.69, 9.17) is 14.2 Å². The first-order valence-corrected chi connectivity index (χ1v) is 8.77. The van der Waals surface area contributed by atoms with Crippen LogP contribution in [0.2, 0.25) is 0 Å². The lowest BCUT2D eigenvalue weighted by atomic mass is 10.1. The summed E-state index contributed by atoms with van der Waals surface area (Å²) in [6.45, 7) is 0.0827. The molecule has 0 aliphatic rings. The van der Waals surface area contributed by atoms with Gasteiger partial charge in [-0.1, -0.05) is 30.3 Å². The van der Waals surface area contributed by atoms with Crippen LogP contribution >= 0.6 is 0 Å². The van der Waals surface area contributed by atoms with Gasteiger partial charge in [-0.2, -0.15) is 0 Å². The maximum Gasteiger partial charge on any atom is 0.338 e. The molecule has 0 fully saturated rings. The second-order valence-electron chi connectivity index (χ2n) is 6.03. The molecule has 0 radical (unpaired) electrons. The first-order valence-electron chi connectivity index (χ1n) is 8.77. The van der Waals surface area contributed by atoms with Crippen molar-refractivity contribution >= 4 is 11.8 Å². The van der Waals surface area contributed by atoms with Crippen LogP contribution in [0.3, 0.4) is 0 Å². The molecule has 0 atom stereocenters. The van der Waals surface area contributed by atoms with Gasteiger partial charge in [-0.15, -0.1) is 0 Å². The molecule has 0 aliphatic carbocycles. The summed E-state index contributed by atoms with van der Waals surface area (Å²) in [5, 5.41) is 0. The number of ketones is 1. The number of para-hydroxylation sites is 1. The van der Waals surface area contributed by atoms with Crippen molar-refractivity contribution in [3.05, 3.63) is 95.6 Å². The predicted molar refractivity (Wildman–Crippen MR) is 105 cm³/mol. The molecule has 5 heteroatoms. The summed E-state index contributed by atoms with van der Waals surface area (Å²) >= 11 is 0. The fourth-order valence-electron chi connectivity index (χ4n) is 2.50. The summed E-state index contributed by atoms with van der Waals surface area (Å²) in [7, 11) is 1.55. The highest BCUT2D eigenvalue weighted by molar-refractivity contribution is 5.99. The Morgan fingerprint density at radius 2 is 1.39 bits per heavy atom. The molecule has 0 amide bonds. The van der Waals surface area contributed by atoms with Gasteiger partial charge in [0.25, 0.3) is 0 Å². The molecule has 3 aromatic rings. The number of hydrogen-bond acceptors (Lipinski definition) is 5. The second-order valence-corrected chi connectivity index (χ2v) is 6.03. The van der Waals surface area contributed by atoms with Crippen LogP contribution in [-0.2, 0) is 11.3 Å². The highest BCUT2D eigenvalue weighted by Crippen LogP contribution is 2.14. The fraction of sp³-hybridized carbons (Fsp3) is 0.130. The first kappa shape index (κ1) is 19.2. The average Bonchev–Trinajstić information content (AvgIpc) is 2.77. The third kappa shape index (κ3) is 5.20. The van der Waals surface area contributed by atoms with Gasteiger partial charge in [0, 0.05) is 5.56 Å². The number of rotatable bonds is 8. The Morgan fingerprint density at radius 3 is 2.04 bits per heavy atom. The third-order valence-corrected chi connectivity index (χ3v) is 4.08. The van der Waals surface area contributed by atoms with E-state index in [1.165, 1.54) is 0 Å². The normalized spacial score (nSPS) is 10.2. The van der Waals surface area contributed by atoms with Crippen molar-refractivity contribution in [1.82, 2.24) is 0 Å². The van der Waals surface area contributed by atoms with Gasteiger partial charge in [0.2, 0.25) is 0 Å². The van der Waals surface area contributed by atoms with Crippen LogP contribution in [0.5, 0.6) is 11.5 Å². The van der Waals surface area contributed by atoms with E-state index >= 15 is 0 Å². The van der Waals surface area contributed by atoms with Crippen LogP contribution in [0.15, 0.2) is 78.9 Å². The Morgan fingerprint density at radius 1 is 0.750 bits per heavy atom. The van der Waals surface area contributed by atoms with Crippen molar-refractivity contribution < 1.29 is 23.8 Å². The summed E-state index contributed by atoms with van der Waals surface area (Å²) in [6, 6.07) is 23.0. The van der Waals surface area contributed by atoms with E-state index in [1.807, 2.05) is 30.3 Å². The van der Waals surface area contributed by atoms with Crippen LogP contribution in [0.25, 0.3) is 0 Å². The Bertz CT molecular complexity index is 915. The van der Waals surface area contributed by atoms with Crippen molar-refractivity contribution in [2.75, 3.05) is 13.7 Å². The van der Waals surface area contributed by atoms with Gasteiger partial charge in [0.15, 0.2) is 12.4 Å². The summed E-state index contributed by atoms with van der Waals surface area (Å²) in [4.78, 5) is 24.3. The van der Waals surface area contributed by atoms with Gasteiger partial charge in [0.05, 0.1) is 12.7 Å². The van der Waals surface area contributed by atoms with Gasteiger partial charge in [0.1, 0.15) is 18.1 Å². The molecular weight excluding hydrogens is 356 g/mol. The molecule has 0 aromatic heterocycles. The van der Waals surface area contributed by atoms with Gasteiger partial charge >= 0.3 is 5.97 Å². The SMILES string of the molecule is COc1ccc(C(=O)COC(=O)c2ccc(COc3ccccc3)cc2)cc1. The predicted octanol–water partition coefficient (Wildman–Crippen LogP) is 4.31. The molecule has 0 saturated carbocycles. The lowest BCUT2D eigenvalue weighted by Crippen LogP contribution is -2.14. The number of esters is 1. The first-order chi connectivity index (χ1) is 13.7. The van der Waals surface area contributed by atoms with Crippen LogP contribution in [0.4, 0.5) is 0 Å². The molecule has 28 heavy (non-hydrogen) atoms. The van der Waals surface area contributed by atoms with Crippen LogP contribution in [0, 0.1) is 0 Å². The van der Waals surface area contributed by atoms with E-state index in [1.54, 1.807) is 55.6 Å². The molecule has 3 aromatic carbocycles. The highest BCUT2D eigenvalue weighted by atomic mass is 16.5. The number of methoxy groups -OCH3 is 1. The van der Waals surface area contributed by atoms with Crippen molar-refractivity contribution in [3.63, 3.8) is 0 Å². The van der Waals surface area contributed by atoms with E-state index in [0.717, 1.165) is 11.3 Å². The van der Waals surface area contributed by atoms with Crippen LogP contribution < -0.4 is 9.47 Å². The zero-order valence-corrected chi connectivity index (χ0v) is 15.5. The maximum atomic E-state index is 12.1. The van der Waals surface area contributed by atoms with E-state index < -0.39 is 5.97 Å².